The largest absolute Gasteiger partial charge is 0.481 e. The summed E-state index contributed by atoms with van der Waals surface area (Å²) in [6, 6.07) is 0. The normalized spacial score (nSPS) is 25.6. The maximum atomic E-state index is 11.6. The van der Waals surface area contributed by atoms with Gasteiger partial charge in [-0.2, -0.15) is 0 Å². The van der Waals surface area contributed by atoms with Crippen LogP contribution in [0.2, 0.25) is 0 Å². The number of rotatable bonds is 4. The lowest BCUT2D eigenvalue weighted by Crippen LogP contribution is -2.39. The Morgan fingerprint density at radius 3 is 2.47 bits per heavy atom. The van der Waals surface area contributed by atoms with E-state index in [2.05, 4.69) is 11.9 Å². The third-order valence-corrected chi connectivity index (χ3v) is 2.84. The lowest BCUT2D eigenvalue weighted by molar-refractivity contribution is -0.148. The third kappa shape index (κ3) is 3.08. The van der Waals surface area contributed by atoms with Crippen LogP contribution < -0.4 is 5.32 Å². The van der Waals surface area contributed by atoms with Gasteiger partial charge < -0.3 is 10.4 Å². The van der Waals surface area contributed by atoms with E-state index in [1.165, 1.54) is 0 Å². The molecular formula is C11H17NO3. The third-order valence-electron chi connectivity index (χ3n) is 2.84. The number of carbonyl (C=O) groups excluding carboxylic acids is 1. The summed E-state index contributed by atoms with van der Waals surface area (Å²) in [5.41, 5.74) is 0. The Morgan fingerprint density at radius 2 is 1.93 bits per heavy atom. The molecule has 0 aromatic carbocycles. The van der Waals surface area contributed by atoms with E-state index in [9.17, 15) is 9.59 Å². The zero-order valence-electron chi connectivity index (χ0n) is 8.74. The Kier molecular flexibility index (Phi) is 4.34. The molecule has 1 aliphatic carbocycles. The second-order valence-electron chi connectivity index (χ2n) is 3.87. The van der Waals surface area contributed by atoms with Gasteiger partial charge in [0.1, 0.15) is 0 Å². The summed E-state index contributed by atoms with van der Waals surface area (Å²) < 4.78 is 0. The molecule has 1 rings (SSSR count). The van der Waals surface area contributed by atoms with Crippen LogP contribution in [0, 0.1) is 11.8 Å². The summed E-state index contributed by atoms with van der Waals surface area (Å²) in [6.07, 6.45) is 4.73. The fourth-order valence-corrected chi connectivity index (χ4v) is 2.04. The van der Waals surface area contributed by atoms with Crippen LogP contribution in [0.4, 0.5) is 0 Å². The molecule has 84 valence electrons. The van der Waals surface area contributed by atoms with Gasteiger partial charge in [-0.1, -0.05) is 18.9 Å². The zero-order valence-corrected chi connectivity index (χ0v) is 8.74. The lowest BCUT2D eigenvalue weighted by atomic mass is 9.79. The minimum atomic E-state index is -0.853. The monoisotopic (exact) mass is 211 g/mol. The fourth-order valence-electron chi connectivity index (χ4n) is 2.04. The molecule has 15 heavy (non-hydrogen) atoms. The summed E-state index contributed by atoms with van der Waals surface area (Å²) in [5.74, 6) is -1.88. The van der Waals surface area contributed by atoms with Crippen LogP contribution in [0.3, 0.4) is 0 Å². The number of hydrogen-bond donors (Lipinski definition) is 2. The molecule has 1 fully saturated rings. The van der Waals surface area contributed by atoms with Crippen LogP contribution in [0.25, 0.3) is 0 Å². The van der Waals surface area contributed by atoms with Crippen molar-refractivity contribution in [1.82, 2.24) is 5.32 Å². The zero-order chi connectivity index (χ0) is 11.3. The minimum absolute atomic E-state index is 0.151. The number of amides is 1. The standard InChI is InChI=1S/C11H17NO3/c1-2-7-12-10(13)8-5-3-4-6-9(8)11(14)15/h2,8-9H,1,3-7H2,(H,12,13)(H,14,15)/t8-,9-/m1/s1. The van der Waals surface area contributed by atoms with Crippen LogP contribution in [-0.2, 0) is 9.59 Å². The van der Waals surface area contributed by atoms with Crippen molar-refractivity contribution in [3.05, 3.63) is 12.7 Å². The SMILES string of the molecule is C=CCNC(=O)[C@@H]1CCCC[C@H]1C(=O)O. The van der Waals surface area contributed by atoms with Crippen LogP contribution in [0.1, 0.15) is 25.7 Å². The summed E-state index contributed by atoms with van der Waals surface area (Å²) in [7, 11) is 0. The molecule has 0 aromatic rings. The van der Waals surface area contributed by atoms with E-state index < -0.39 is 11.9 Å². The predicted molar refractivity (Wildman–Crippen MR) is 56.3 cm³/mol. The quantitative estimate of drug-likeness (QED) is 0.686. The molecule has 2 N–H and O–H groups in total. The first-order valence-electron chi connectivity index (χ1n) is 5.28. The second kappa shape index (κ2) is 5.53. The molecule has 4 heteroatoms. The average Bonchev–Trinajstić information content (AvgIpc) is 2.25. The highest BCUT2D eigenvalue weighted by Gasteiger charge is 2.35. The molecule has 1 saturated carbocycles. The van der Waals surface area contributed by atoms with Gasteiger partial charge in [0, 0.05) is 6.54 Å². The van der Waals surface area contributed by atoms with Crippen molar-refractivity contribution in [2.75, 3.05) is 6.54 Å². The summed E-state index contributed by atoms with van der Waals surface area (Å²) in [5, 5.41) is 11.6. The van der Waals surface area contributed by atoms with E-state index in [0.29, 0.717) is 19.4 Å². The highest BCUT2D eigenvalue weighted by molar-refractivity contribution is 5.84. The van der Waals surface area contributed by atoms with Crippen LogP contribution >= 0.6 is 0 Å². The molecule has 0 aromatic heterocycles. The predicted octanol–water partition coefficient (Wildman–Crippen LogP) is 1.18. The Morgan fingerprint density at radius 1 is 1.33 bits per heavy atom. The number of carboxylic acid groups (broad SMARTS) is 1. The van der Waals surface area contributed by atoms with E-state index in [4.69, 9.17) is 5.11 Å². The van der Waals surface area contributed by atoms with Crippen LogP contribution in [-0.4, -0.2) is 23.5 Å². The number of carboxylic acids is 1. The van der Waals surface area contributed by atoms with Crippen molar-refractivity contribution < 1.29 is 14.7 Å². The molecule has 0 spiro atoms. The molecule has 0 saturated heterocycles. The Bertz CT molecular complexity index is 263. The molecule has 0 radical (unpaired) electrons. The van der Waals surface area contributed by atoms with Gasteiger partial charge in [-0.3, -0.25) is 9.59 Å². The van der Waals surface area contributed by atoms with Gasteiger partial charge in [-0.05, 0) is 12.8 Å². The van der Waals surface area contributed by atoms with E-state index in [1.807, 2.05) is 0 Å². The summed E-state index contributed by atoms with van der Waals surface area (Å²) in [4.78, 5) is 22.6. The van der Waals surface area contributed by atoms with E-state index >= 15 is 0 Å². The molecule has 1 amide bonds. The van der Waals surface area contributed by atoms with Crippen molar-refractivity contribution in [2.45, 2.75) is 25.7 Å². The van der Waals surface area contributed by atoms with Crippen LogP contribution in [0.15, 0.2) is 12.7 Å². The first-order valence-corrected chi connectivity index (χ1v) is 5.28. The first-order chi connectivity index (χ1) is 7.16. The van der Waals surface area contributed by atoms with E-state index in [-0.39, 0.29) is 11.8 Å². The van der Waals surface area contributed by atoms with Gasteiger partial charge in [0.15, 0.2) is 0 Å². The second-order valence-corrected chi connectivity index (χ2v) is 3.87. The maximum Gasteiger partial charge on any atom is 0.307 e. The molecule has 0 bridgehead atoms. The highest BCUT2D eigenvalue weighted by Crippen LogP contribution is 2.30. The van der Waals surface area contributed by atoms with Crippen molar-refractivity contribution in [2.24, 2.45) is 11.8 Å². The first kappa shape index (κ1) is 11.8. The Hall–Kier alpha value is -1.32. The Balaban J connectivity index is 2.58. The van der Waals surface area contributed by atoms with Crippen molar-refractivity contribution >= 4 is 11.9 Å². The van der Waals surface area contributed by atoms with Gasteiger partial charge in [0.25, 0.3) is 0 Å². The van der Waals surface area contributed by atoms with Gasteiger partial charge >= 0.3 is 5.97 Å². The molecule has 0 unspecified atom stereocenters. The van der Waals surface area contributed by atoms with Crippen LogP contribution in [0.5, 0.6) is 0 Å². The minimum Gasteiger partial charge on any atom is -0.481 e. The van der Waals surface area contributed by atoms with Gasteiger partial charge in [-0.25, -0.2) is 0 Å². The van der Waals surface area contributed by atoms with Crippen molar-refractivity contribution in [1.29, 1.82) is 0 Å². The van der Waals surface area contributed by atoms with E-state index in [1.54, 1.807) is 6.08 Å². The van der Waals surface area contributed by atoms with Gasteiger partial charge in [0.2, 0.25) is 5.91 Å². The molecule has 4 nitrogen and oxygen atoms in total. The van der Waals surface area contributed by atoms with Gasteiger partial charge in [-0.15, -0.1) is 6.58 Å². The molecule has 1 aliphatic rings. The number of hydrogen-bond acceptors (Lipinski definition) is 2. The lowest BCUT2D eigenvalue weighted by Gasteiger charge is -2.27. The summed E-state index contributed by atoms with van der Waals surface area (Å²) >= 11 is 0. The average molecular weight is 211 g/mol. The van der Waals surface area contributed by atoms with Crippen molar-refractivity contribution in [3.63, 3.8) is 0 Å². The summed E-state index contributed by atoms with van der Waals surface area (Å²) in [6.45, 7) is 3.91. The van der Waals surface area contributed by atoms with E-state index in [0.717, 1.165) is 12.8 Å². The number of nitrogens with one attached hydrogen (secondary N) is 1. The highest BCUT2D eigenvalue weighted by atomic mass is 16.4. The number of aliphatic carboxylic acids is 1. The fraction of sp³-hybridized carbons (Fsp3) is 0.636. The molecule has 0 aliphatic heterocycles. The topological polar surface area (TPSA) is 66.4 Å². The van der Waals surface area contributed by atoms with Gasteiger partial charge in [0.05, 0.1) is 11.8 Å². The molecule has 0 heterocycles. The smallest absolute Gasteiger partial charge is 0.307 e. The van der Waals surface area contributed by atoms with Crippen molar-refractivity contribution in [3.8, 4) is 0 Å². The molecule has 2 atom stereocenters. The molecular weight excluding hydrogens is 194 g/mol. The number of carbonyl (C=O) groups is 2. The Labute approximate surface area is 89.4 Å². The maximum absolute atomic E-state index is 11.6.